The van der Waals surface area contributed by atoms with Gasteiger partial charge in [0.05, 0.1) is 12.5 Å². The van der Waals surface area contributed by atoms with Crippen LogP contribution in [0.15, 0.2) is 42.6 Å². The first-order valence-electron chi connectivity index (χ1n) is 10.0. The number of piperidine rings is 1. The van der Waals surface area contributed by atoms with Crippen molar-refractivity contribution in [1.29, 1.82) is 0 Å². The Labute approximate surface area is 178 Å². The average Bonchev–Trinajstić information content (AvgIpc) is 3.22. The summed E-state index contributed by atoms with van der Waals surface area (Å²) in [5, 5.41) is 7.71. The molecule has 1 aromatic carbocycles. The first-order valence-corrected chi connectivity index (χ1v) is 10.0. The number of imide groups is 1. The number of carbonyl (C=O) groups excluding carboxylic acids is 3. The number of aromatic nitrogens is 1. The molecule has 1 aromatic heterocycles. The van der Waals surface area contributed by atoms with Crippen molar-refractivity contribution in [2.75, 3.05) is 37.1 Å². The van der Waals surface area contributed by atoms with Crippen LogP contribution in [0.4, 0.5) is 16.3 Å². The molecule has 1 atom stereocenters. The van der Waals surface area contributed by atoms with Crippen LogP contribution in [0, 0.1) is 5.92 Å². The van der Waals surface area contributed by atoms with Gasteiger partial charge < -0.3 is 20.1 Å². The summed E-state index contributed by atoms with van der Waals surface area (Å²) < 4.78 is 10.5. The maximum absolute atomic E-state index is 12.5. The number of ether oxygens (including phenoxy) is 2. The predicted octanol–water partition coefficient (Wildman–Crippen LogP) is 1.81. The third-order valence-corrected chi connectivity index (χ3v) is 5.04. The summed E-state index contributed by atoms with van der Waals surface area (Å²) in [5.41, 5.74) is 0.485. The Kier molecular flexibility index (Phi) is 6.27. The Morgan fingerprint density at radius 2 is 1.97 bits per heavy atom. The van der Waals surface area contributed by atoms with E-state index in [4.69, 9.17) is 9.47 Å². The number of amides is 4. The molecule has 1 saturated heterocycles. The van der Waals surface area contributed by atoms with E-state index in [1.165, 1.54) is 0 Å². The fourth-order valence-corrected chi connectivity index (χ4v) is 3.58. The van der Waals surface area contributed by atoms with Crippen LogP contribution in [0.25, 0.3) is 0 Å². The number of anilines is 2. The molecule has 2 aliphatic rings. The maximum Gasteiger partial charge on any atom is 0.325 e. The Balaban J connectivity index is 1.24. The van der Waals surface area contributed by atoms with Crippen LogP contribution in [0.3, 0.4) is 0 Å². The Bertz CT molecular complexity index is 968. The molecule has 3 N–H and O–H groups in total. The summed E-state index contributed by atoms with van der Waals surface area (Å²) in [4.78, 5) is 42.9. The second kappa shape index (κ2) is 9.43. The summed E-state index contributed by atoms with van der Waals surface area (Å²) in [5.74, 6) is 0.836. The molecule has 0 aliphatic carbocycles. The number of hydrogen-bond donors (Lipinski definition) is 3. The molecule has 0 bridgehead atoms. The SMILES string of the molecule is O=C(CN1CCC[C@H](C(=O)Nc2ccccn2)C1)NC(=O)Nc1ccc2c(c1)OCO2. The standard InChI is InChI=1S/C21H23N5O5/c27-19(25-21(29)23-15-6-7-16-17(10-15)31-13-30-16)12-26-9-3-4-14(11-26)20(28)24-18-5-1-2-8-22-18/h1-2,5-8,10,14H,3-4,9,11-13H2,(H,22,24,28)(H2,23,25,27,29)/t14-/m0/s1. The molecule has 10 heteroatoms. The topological polar surface area (TPSA) is 122 Å². The molecule has 4 rings (SSSR count). The van der Waals surface area contributed by atoms with Crippen LogP contribution in [0.1, 0.15) is 12.8 Å². The number of hydrogen-bond acceptors (Lipinski definition) is 7. The first-order chi connectivity index (χ1) is 15.1. The van der Waals surface area contributed by atoms with Crippen LogP contribution >= 0.6 is 0 Å². The molecule has 0 radical (unpaired) electrons. The van der Waals surface area contributed by atoms with E-state index >= 15 is 0 Å². The van der Waals surface area contributed by atoms with Gasteiger partial charge in [-0.15, -0.1) is 0 Å². The summed E-state index contributed by atoms with van der Waals surface area (Å²) in [7, 11) is 0. The van der Waals surface area contributed by atoms with Gasteiger partial charge in [-0.3, -0.25) is 19.8 Å². The van der Waals surface area contributed by atoms with E-state index in [1.54, 1.807) is 42.6 Å². The highest BCUT2D eigenvalue weighted by atomic mass is 16.7. The number of nitrogens with one attached hydrogen (secondary N) is 3. The number of urea groups is 1. The monoisotopic (exact) mass is 425 g/mol. The molecule has 162 valence electrons. The highest BCUT2D eigenvalue weighted by molar-refractivity contribution is 6.02. The zero-order chi connectivity index (χ0) is 21.6. The Hall–Kier alpha value is -3.66. The number of nitrogens with zero attached hydrogens (tertiary/aromatic N) is 2. The van der Waals surface area contributed by atoms with Gasteiger partial charge in [0.1, 0.15) is 5.82 Å². The molecule has 0 spiro atoms. The minimum absolute atomic E-state index is 0.0297. The number of likely N-dealkylation sites (tertiary alicyclic amines) is 1. The zero-order valence-electron chi connectivity index (χ0n) is 16.8. The predicted molar refractivity (Wildman–Crippen MR) is 112 cm³/mol. The van der Waals surface area contributed by atoms with Gasteiger partial charge in [-0.1, -0.05) is 6.07 Å². The molecule has 10 nitrogen and oxygen atoms in total. The van der Waals surface area contributed by atoms with E-state index in [9.17, 15) is 14.4 Å². The van der Waals surface area contributed by atoms with Crippen molar-refractivity contribution in [2.24, 2.45) is 5.92 Å². The summed E-state index contributed by atoms with van der Waals surface area (Å²) in [6.45, 7) is 1.29. The molecule has 3 heterocycles. The second-order valence-electron chi connectivity index (χ2n) is 7.35. The van der Waals surface area contributed by atoms with Crippen LogP contribution in [-0.4, -0.2) is 54.2 Å². The fraction of sp³-hybridized carbons (Fsp3) is 0.333. The van der Waals surface area contributed by atoms with E-state index in [-0.39, 0.29) is 25.2 Å². The molecule has 2 aliphatic heterocycles. The Morgan fingerprint density at radius 3 is 2.81 bits per heavy atom. The quantitative estimate of drug-likeness (QED) is 0.668. The van der Waals surface area contributed by atoms with Crippen LogP contribution in [0.2, 0.25) is 0 Å². The van der Waals surface area contributed by atoms with Crippen LogP contribution < -0.4 is 25.4 Å². The highest BCUT2D eigenvalue weighted by Crippen LogP contribution is 2.34. The highest BCUT2D eigenvalue weighted by Gasteiger charge is 2.27. The maximum atomic E-state index is 12.5. The van der Waals surface area contributed by atoms with Gasteiger partial charge in [0, 0.05) is 24.5 Å². The second-order valence-corrected chi connectivity index (χ2v) is 7.35. The van der Waals surface area contributed by atoms with Gasteiger partial charge in [-0.05, 0) is 43.7 Å². The van der Waals surface area contributed by atoms with Gasteiger partial charge in [0.2, 0.25) is 18.6 Å². The Morgan fingerprint density at radius 1 is 1.10 bits per heavy atom. The molecule has 31 heavy (non-hydrogen) atoms. The third kappa shape index (κ3) is 5.48. The van der Waals surface area contributed by atoms with Crippen molar-refractivity contribution in [3.8, 4) is 11.5 Å². The van der Waals surface area contributed by atoms with Crippen LogP contribution in [0.5, 0.6) is 11.5 Å². The molecular formula is C21H23N5O5. The van der Waals surface area contributed by atoms with E-state index in [2.05, 4.69) is 20.9 Å². The van der Waals surface area contributed by atoms with Crippen molar-refractivity contribution >= 4 is 29.4 Å². The number of carbonyl (C=O) groups is 3. The molecular weight excluding hydrogens is 402 g/mol. The lowest BCUT2D eigenvalue weighted by molar-refractivity contribution is -0.125. The van der Waals surface area contributed by atoms with E-state index in [1.807, 2.05) is 4.90 Å². The summed E-state index contributed by atoms with van der Waals surface area (Å²) in [6.07, 6.45) is 3.14. The smallest absolute Gasteiger partial charge is 0.325 e. The minimum atomic E-state index is -0.634. The lowest BCUT2D eigenvalue weighted by Crippen LogP contribution is -2.47. The largest absolute Gasteiger partial charge is 0.454 e. The number of benzene rings is 1. The number of rotatable bonds is 5. The molecule has 0 saturated carbocycles. The molecule has 2 aromatic rings. The van der Waals surface area contributed by atoms with Gasteiger partial charge in [0.25, 0.3) is 0 Å². The van der Waals surface area contributed by atoms with E-state index in [0.29, 0.717) is 36.1 Å². The van der Waals surface area contributed by atoms with E-state index in [0.717, 1.165) is 12.8 Å². The van der Waals surface area contributed by atoms with E-state index < -0.39 is 11.9 Å². The van der Waals surface area contributed by atoms with Crippen molar-refractivity contribution in [1.82, 2.24) is 15.2 Å². The third-order valence-electron chi connectivity index (χ3n) is 5.04. The zero-order valence-corrected chi connectivity index (χ0v) is 16.8. The molecule has 0 unspecified atom stereocenters. The van der Waals surface area contributed by atoms with Crippen molar-refractivity contribution in [2.45, 2.75) is 12.8 Å². The molecule has 1 fully saturated rings. The minimum Gasteiger partial charge on any atom is -0.454 e. The number of fused-ring (bicyclic) bond motifs is 1. The van der Waals surface area contributed by atoms with Crippen molar-refractivity contribution in [3.05, 3.63) is 42.6 Å². The van der Waals surface area contributed by atoms with Gasteiger partial charge in [0.15, 0.2) is 11.5 Å². The number of pyridine rings is 1. The lowest BCUT2D eigenvalue weighted by atomic mass is 9.97. The lowest BCUT2D eigenvalue weighted by Gasteiger charge is -2.31. The summed E-state index contributed by atoms with van der Waals surface area (Å²) >= 11 is 0. The van der Waals surface area contributed by atoms with Gasteiger partial charge in [-0.25, -0.2) is 9.78 Å². The van der Waals surface area contributed by atoms with Crippen LogP contribution in [-0.2, 0) is 9.59 Å². The normalized spacial score (nSPS) is 17.6. The van der Waals surface area contributed by atoms with Crippen molar-refractivity contribution < 1.29 is 23.9 Å². The average molecular weight is 425 g/mol. The summed E-state index contributed by atoms with van der Waals surface area (Å²) in [6, 6.07) is 9.64. The van der Waals surface area contributed by atoms with Gasteiger partial charge in [-0.2, -0.15) is 0 Å². The molecule has 4 amide bonds. The first kappa shape index (κ1) is 20.6. The van der Waals surface area contributed by atoms with Crippen molar-refractivity contribution in [3.63, 3.8) is 0 Å². The fourth-order valence-electron chi connectivity index (χ4n) is 3.58. The van der Waals surface area contributed by atoms with Gasteiger partial charge >= 0.3 is 6.03 Å².